The van der Waals surface area contributed by atoms with Crippen LogP contribution in [0.2, 0.25) is 5.28 Å². The van der Waals surface area contributed by atoms with Gasteiger partial charge in [0.05, 0.1) is 28.1 Å². The van der Waals surface area contributed by atoms with E-state index in [4.69, 9.17) is 11.6 Å². The van der Waals surface area contributed by atoms with Gasteiger partial charge in [-0.2, -0.15) is 5.10 Å². The van der Waals surface area contributed by atoms with Crippen molar-refractivity contribution in [1.29, 1.82) is 0 Å². The molecule has 28 heavy (non-hydrogen) atoms. The van der Waals surface area contributed by atoms with Crippen molar-refractivity contribution in [2.75, 3.05) is 0 Å². The zero-order chi connectivity index (χ0) is 19.7. The van der Waals surface area contributed by atoms with Gasteiger partial charge in [0.1, 0.15) is 11.6 Å². The summed E-state index contributed by atoms with van der Waals surface area (Å²) in [5, 5.41) is 8.89. The van der Waals surface area contributed by atoms with Gasteiger partial charge < -0.3 is 0 Å². The van der Waals surface area contributed by atoms with Crippen LogP contribution in [0.5, 0.6) is 0 Å². The summed E-state index contributed by atoms with van der Waals surface area (Å²) in [5.74, 6) is -1.09. The molecule has 3 aromatic rings. The summed E-state index contributed by atoms with van der Waals surface area (Å²) in [6.45, 7) is 4.37. The molecule has 0 spiro atoms. The number of hydrogen-bond acceptors (Lipinski definition) is 4. The zero-order valence-corrected chi connectivity index (χ0v) is 16.1. The molecule has 1 aromatic carbocycles. The second-order valence-electron chi connectivity index (χ2n) is 8.06. The van der Waals surface area contributed by atoms with E-state index in [-0.39, 0.29) is 27.9 Å². The Bertz CT molecular complexity index is 1100. The highest BCUT2D eigenvalue weighted by atomic mass is 35.5. The van der Waals surface area contributed by atoms with Gasteiger partial charge in [-0.15, -0.1) is 5.10 Å². The van der Waals surface area contributed by atoms with E-state index < -0.39 is 17.0 Å². The van der Waals surface area contributed by atoms with Crippen LogP contribution in [-0.2, 0) is 5.41 Å². The normalized spacial score (nSPS) is 24.4. The highest BCUT2D eigenvalue weighted by Gasteiger charge is 2.65. The minimum atomic E-state index is -0.644. The Labute approximate surface area is 166 Å². The van der Waals surface area contributed by atoms with Gasteiger partial charge in [0.25, 0.3) is 0 Å². The molecule has 1 fully saturated rings. The van der Waals surface area contributed by atoms with Crippen molar-refractivity contribution >= 4 is 11.6 Å². The predicted octanol–water partition coefficient (Wildman–Crippen LogP) is 5.07. The molecule has 0 aliphatic heterocycles. The maximum Gasteiger partial charge on any atom is 0.222 e. The highest BCUT2D eigenvalue weighted by molar-refractivity contribution is 6.28. The molecule has 7 heteroatoms. The fourth-order valence-corrected chi connectivity index (χ4v) is 5.48. The van der Waals surface area contributed by atoms with Crippen molar-refractivity contribution in [3.63, 3.8) is 0 Å². The number of halogens is 3. The molecule has 2 aromatic heterocycles. The molecule has 0 radical (unpaired) electrons. The van der Waals surface area contributed by atoms with Gasteiger partial charge in [0.15, 0.2) is 0 Å². The number of nitrogens with zero attached hydrogens (tertiary/aromatic N) is 4. The van der Waals surface area contributed by atoms with Crippen LogP contribution in [0.3, 0.4) is 0 Å². The summed E-state index contributed by atoms with van der Waals surface area (Å²) in [6.07, 6.45) is 3.46. The van der Waals surface area contributed by atoms with Crippen molar-refractivity contribution < 1.29 is 8.78 Å². The van der Waals surface area contributed by atoms with E-state index in [9.17, 15) is 8.78 Å². The zero-order valence-electron chi connectivity index (χ0n) is 15.4. The van der Waals surface area contributed by atoms with Gasteiger partial charge in [-0.1, -0.05) is 19.9 Å². The monoisotopic (exact) mass is 398 g/mol. The first-order valence-electron chi connectivity index (χ1n) is 9.18. The van der Waals surface area contributed by atoms with E-state index in [0.29, 0.717) is 0 Å². The molecule has 2 atom stereocenters. The lowest BCUT2D eigenvalue weighted by Crippen LogP contribution is -2.37. The second kappa shape index (κ2) is 5.77. The number of aromatic nitrogens is 4. The van der Waals surface area contributed by atoms with E-state index in [1.54, 1.807) is 12.3 Å². The lowest BCUT2D eigenvalue weighted by molar-refractivity contribution is 0.242. The molecule has 0 amide bonds. The summed E-state index contributed by atoms with van der Waals surface area (Å²) < 4.78 is 28.5. The fourth-order valence-electron chi connectivity index (χ4n) is 5.33. The fraction of sp³-hybridized carbons (Fsp3) is 0.333. The van der Waals surface area contributed by atoms with Crippen molar-refractivity contribution in [2.24, 2.45) is 5.41 Å². The van der Waals surface area contributed by atoms with Crippen LogP contribution in [0.1, 0.15) is 49.6 Å². The maximum atomic E-state index is 14.3. The number of benzene rings is 1. The number of fused-ring (bicyclic) bond motifs is 5. The van der Waals surface area contributed by atoms with Crippen molar-refractivity contribution in [3.8, 4) is 11.3 Å². The molecule has 0 saturated heterocycles. The Kier molecular flexibility index (Phi) is 3.63. The van der Waals surface area contributed by atoms with Gasteiger partial charge in [0, 0.05) is 6.20 Å². The molecule has 2 aliphatic rings. The first kappa shape index (κ1) is 17.6. The summed E-state index contributed by atoms with van der Waals surface area (Å²) in [4.78, 5) is 8.50. The van der Waals surface area contributed by atoms with Crippen LogP contribution in [0.4, 0.5) is 8.78 Å². The summed E-state index contributed by atoms with van der Waals surface area (Å²) >= 11 is 6.07. The highest BCUT2D eigenvalue weighted by Crippen LogP contribution is 2.69. The van der Waals surface area contributed by atoms with Crippen LogP contribution >= 0.6 is 11.6 Å². The molecular weight excluding hydrogens is 382 g/mol. The Morgan fingerprint density at radius 1 is 1.11 bits per heavy atom. The van der Waals surface area contributed by atoms with Gasteiger partial charge in [0.2, 0.25) is 5.28 Å². The summed E-state index contributed by atoms with van der Waals surface area (Å²) in [5.41, 5.74) is 2.07. The Balaban J connectivity index is 1.74. The van der Waals surface area contributed by atoms with Crippen LogP contribution < -0.4 is 0 Å². The molecule has 0 N–H and O–H groups in total. The van der Waals surface area contributed by atoms with Crippen LogP contribution in [0, 0.1) is 17.0 Å². The van der Waals surface area contributed by atoms with Gasteiger partial charge in [-0.3, -0.25) is 0 Å². The summed E-state index contributed by atoms with van der Waals surface area (Å²) in [6, 6.07) is 7.46. The molecule has 2 heterocycles. The van der Waals surface area contributed by atoms with Crippen molar-refractivity contribution in [1.82, 2.24) is 20.2 Å². The van der Waals surface area contributed by atoms with E-state index in [2.05, 4.69) is 34.0 Å². The van der Waals surface area contributed by atoms with E-state index in [1.807, 2.05) is 6.07 Å². The standard InChI is InChI=1S/C21H17ClF2N4/c1-20(2)12-6-8-21(20,16-7-9-25-19(22)26-16)18-11(12)10-15(27-28-18)17-13(23)4-3-5-14(17)24/h3-5,7,9-10,12H,6,8H2,1-2H3/t12-,21+/m0/s1. The number of hydrogen-bond donors (Lipinski definition) is 0. The smallest absolute Gasteiger partial charge is 0.222 e. The molecule has 0 unspecified atom stereocenters. The molecule has 1 saturated carbocycles. The van der Waals surface area contributed by atoms with Gasteiger partial charge in [-0.25, -0.2) is 18.7 Å². The minimum absolute atomic E-state index is 0.141. The van der Waals surface area contributed by atoms with Crippen molar-refractivity contribution in [2.45, 2.75) is 38.0 Å². The van der Waals surface area contributed by atoms with Crippen LogP contribution in [-0.4, -0.2) is 20.2 Å². The summed E-state index contributed by atoms with van der Waals surface area (Å²) in [7, 11) is 0. The first-order chi connectivity index (χ1) is 13.4. The predicted molar refractivity (Wildman–Crippen MR) is 101 cm³/mol. The van der Waals surface area contributed by atoms with Crippen LogP contribution in [0.25, 0.3) is 11.3 Å². The van der Waals surface area contributed by atoms with E-state index in [1.165, 1.54) is 18.2 Å². The lowest BCUT2D eigenvalue weighted by atomic mass is 9.66. The molecule has 5 rings (SSSR count). The maximum absolute atomic E-state index is 14.3. The average Bonchev–Trinajstić information content (AvgIpc) is 3.03. The van der Waals surface area contributed by atoms with Crippen molar-refractivity contribution in [3.05, 3.63) is 70.4 Å². The molecule has 2 bridgehead atoms. The molecule has 4 nitrogen and oxygen atoms in total. The van der Waals surface area contributed by atoms with Gasteiger partial charge in [-0.05, 0) is 65.6 Å². The number of rotatable bonds is 2. The molecular formula is C21H17ClF2N4. The molecule has 2 aliphatic carbocycles. The first-order valence-corrected chi connectivity index (χ1v) is 9.55. The Morgan fingerprint density at radius 2 is 1.86 bits per heavy atom. The Hall–Kier alpha value is -2.47. The largest absolute Gasteiger partial charge is 0.227 e. The molecule has 142 valence electrons. The van der Waals surface area contributed by atoms with Gasteiger partial charge >= 0.3 is 0 Å². The average molecular weight is 399 g/mol. The third-order valence-electron chi connectivity index (χ3n) is 6.66. The third-order valence-corrected chi connectivity index (χ3v) is 6.85. The van der Waals surface area contributed by atoms with E-state index >= 15 is 0 Å². The quantitative estimate of drug-likeness (QED) is 0.565. The van der Waals surface area contributed by atoms with Crippen LogP contribution in [0.15, 0.2) is 36.5 Å². The topological polar surface area (TPSA) is 51.6 Å². The Morgan fingerprint density at radius 3 is 2.57 bits per heavy atom. The third kappa shape index (κ3) is 2.09. The van der Waals surface area contributed by atoms with E-state index in [0.717, 1.165) is 29.8 Å². The SMILES string of the molecule is CC1(C)[C@H]2CC[C@@]1(c1ccnc(Cl)n1)c1nnc(-c3c(F)cccc3F)cc12. The second-order valence-corrected chi connectivity index (χ2v) is 8.40. The minimum Gasteiger partial charge on any atom is -0.227 e. The lowest BCUT2D eigenvalue weighted by Gasteiger charge is -2.37.